The Morgan fingerprint density at radius 1 is 1.14 bits per heavy atom. The van der Waals surface area contributed by atoms with Crippen molar-refractivity contribution in [2.75, 3.05) is 13.7 Å². The molecule has 1 fully saturated rings. The third-order valence-electron chi connectivity index (χ3n) is 5.12. The van der Waals surface area contributed by atoms with Crippen molar-refractivity contribution < 1.29 is 28.6 Å². The molecule has 2 unspecified atom stereocenters. The van der Waals surface area contributed by atoms with E-state index < -0.39 is 17.9 Å². The molecule has 0 bridgehead atoms. The maximum absolute atomic E-state index is 12.7. The van der Waals surface area contributed by atoms with Crippen LogP contribution in [0, 0.1) is 0 Å². The molecule has 2 atom stereocenters. The first-order chi connectivity index (χ1) is 14.0. The van der Waals surface area contributed by atoms with E-state index in [9.17, 15) is 14.7 Å². The predicted molar refractivity (Wildman–Crippen MR) is 105 cm³/mol. The Kier molecular flexibility index (Phi) is 5.22. The molecule has 29 heavy (non-hydrogen) atoms. The van der Waals surface area contributed by atoms with Gasteiger partial charge >= 0.3 is 5.97 Å². The van der Waals surface area contributed by atoms with Crippen LogP contribution in [0.2, 0.25) is 0 Å². The summed E-state index contributed by atoms with van der Waals surface area (Å²) in [6, 6.07) is 16.1. The fourth-order valence-electron chi connectivity index (χ4n) is 3.55. The Morgan fingerprint density at radius 3 is 2.69 bits per heavy atom. The van der Waals surface area contributed by atoms with Crippen LogP contribution >= 0.6 is 0 Å². The molecule has 0 saturated carbocycles. The lowest BCUT2D eigenvalue weighted by molar-refractivity contribution is -0.141. The molecule has 7 nitrogen and oxygen atoms in total. The van der Waals surface area contributed by atoms with E-state index in [0.29, 0.717) is 11.5 Å². The van der Waals surface area contributed by atoms with Crippen LogP contribution in [-0.4, -0.2) is 47.7 Å². The van der Waals surface area contributed by atoms with E-state index >= 15 is 0 Å². The summed E-state index contributed by atoms with van der Waals surface area (Å²) in [4.78, 5) is 25.5. The number of carboxylic acid groups (broad SMARTS) is 1. The van der Waals surface area contributed by atoms with Gasteiger partial charge in [-0.1, -0.05) is 30.3 Å². The summed E-state index contributed by atoms with van der Waals surface area (Å²) in [5, 5.41) is 11.6. The molecule has 7 heteroatoms. The highest BCUT2D eigenvalue weighted by Gasteiger charge is 2.41. The van der Waals surface area contributed by atoms with Gasteiger partial charge in [-0.15, -0.1) is 0 Å². The van der Waals surface area contributed by atoms with Crippen LogP contribution in [0.3, 0.4) is 0 Å². The first-order valence-electron chi connectivity index (χ1n) is 9.32. The van der Waals surface area contributed by atoms with Crippen molar-refractivity contribution in [3.8, 4) is 5.75 Å². The van der Waals surface area contributed by atoms with Crippen molar-refractivity contribution in [2.45, 2.75) is 25.2 Å². The normalized spacial score (nSPS) is 18.9. The smallest absolute Gasteiger partial charge is 0.326 e. The van der Waals surface area contributed by atoms with Gasteiger partial charge < -0.3 is 23.9 Å². The molecule has 0 spiro atoms. The van der Waals surface area contributed by atoms with Gasteiger partial charge in [0.1, 0.15) is 24.2 Å². The Hall–Kier alpha value is -3.32. The van der Waals surface area contributed by atoms with Crippen LogP contribution < -0.4 is 4.74 Å². The van der Waals surface area contributed by atoms with Crippen LogP contribution in [0.1, 0.15) is 22.7 Å². The highest BCUT2D eigenvalue weighted by atomic mass is 16.5. The van der Waals surface area contributed by atoms with E-state index in [4.69, 9.17) is 13.9 Å². The number of nitrogens with zero attached hydrogens (tertiary/aromatic N) is 1. The lowest BCUT2D eigenvalue weighted by atomic mass is 10.1. The molecule has 1 N–H and O–H groups in total. The van der Waals surface area contributed by atoms with Crippen LogP contribution in [0.15, 0.2) is 59.0 Å². The Morgan fingerprint density at radius 2 is 1.93 bits per heavy atom. The SMILES string of the molecule is COC1CC(C(=O)O)N(C(=O)c2ccc(COc3ccc4ccccc4c3)o2)C1. The molecule has 150 valence electrons. The fourth-order valence-corrected chi connectivity index (χ4v) is 3.55. The molecular weight excluding hydrogens is 374 g/mol. The molecule has 2 aromatic carbocycles. The number of carboxylic acids is 1. The van der Waals surface area contributed by atoms with Crippen LogP contribution in [-0.2, 0) is 16.1 Å². The number of benzene rings is 2. The van der Waals surface area contributed by atoms with E-state index in [1.54, 1.807) is 12.1 Å². The summed E-state index contributed by atoms with van der Waals surface area (Å²) in [7, 11) is 1.51. The number of carbonyl (C=O) groups is 2. The second kappa shape index (κ2) is 7.97. The molecular formula is C22H21NO6. The van der Waals surface area contributed by atoms with Crippen molar-refractivity contribution in [1.29, 1.82) is 0 Å². The van der Waals surface area contributed by atoms with Gasteiger partial charge in [0.25, 0.3) is 5.91 Å². The van der Waals surface area contributed by atoms with Crippen LogP contribution in [0.25, 0.3) is 10.8 Å². The maximum Gasteiger partial charge on any atom is 0.326 e. The summed E-state index contributed by atoms with van der Waals surface area (Å²) in [6.45, 7) is 0.380. The molecule has 0 aliphatic carbocycles. The van der Waals surface area contributed by atoms with Crippen molar-refractivity contribution in [2.24, 2.45) is 0 Å². The number of likely N-dealkylation sites (tertiary alicyclic amines) is 1. The summed E-state index contributed by atoms with van der Waals surface area (Å²) < 4.78 is 16.6. The van der Waals surface area contributed by atoms with Gasteiger partial charge in [0.15, 0.2) is 5.76 Å². The highest BCUT2D eigenvalue weighted by molar-refractivity contribution is 5.94. The lowest BCUT2D eigenvalue weighted by Gasteiger charge is -2.19. The van der Waals surface area contributed by atoms with E-state index in [2.05, 4.69) is 0 Å². The minimum Gasteiger partial charge on any atom is -0.486 e. The Labute approximate surface area is 167 Å². The monoisotopic (exact) mass is 395 g/mol. The third kappa shape index (κ3) is 3.95. The van der Waals surface area contributed by atoms with E-state index in [0.717, 1.165) is 10.8 Å². The van der Waals surface area contributed by atoms with Crippen molar-refractivity contribution in [1.82, 2.24) is 4.90 Å². The number of amides is 1. The Balaban J connectivity index is 1.43. The number of aliphatic carboxylic acids is 1. The standard InChI is InChI=1S/C22H21NO6/c1-27-18-11-19(22(25)26)23(12-18)21(24)20-9-8-17(29-20)13-28-16-7-6-14-4-2-3-5-15(14)10-16/h2-10,18-19H,11-13H2,1H3,(H,25,26). The average molecular weight is 395 g/mol. The molecule has 3 aromatic rings. The number of hydrogen-bond acceptors (Lipinski definition) is 5. The largest absolute Gasteiger partial charge is 0.486 e. The van der Waals surface area contributed by atoms with Gasteiger partial charge in [-0.05, 0) is 35.0 Å². The number of fused-ring (bicyclic) bond motifs is 1. The third-order valence-corrected chi connectivity index (χ3v) is 5.12. The summed E-state index contributed by atoms with van der Waals surface area (Å²) in [5.41, 5.74) is 0. The lowest BCUT2D eigenvalue weighted by Crippen LogP contribution is -2.40. The van der Waals surface area contributed by atoms with E-state index in [1.807, 2.05) is 42.5 Å². The average Bonchev–Trinajstić information content (AvgIpc) is 3.39. The zero-order valence-electron chi connectivity index (χ0n) is 15.9. The zero-order chi connectivity index (χ0) is 20.4. The fraction of sp³-hybridized carbons (Fsp3) is 0.273. The molecule has 1 aromatic heterocycles. The summed E-state index contributed by atoms with van der Waals surface area (Å²) in [6.07, 6.45) is -0.0401. The van der Waals surface area contributed by atoms with Crippen molar-refractivity contribution in [3.63, 3.8) is 0 Å². The van der Waals surface area contributed by atoms with Crippen molar-refractivity contribution in [3.05, 3.63) is 66.1 Å². The predicted octanol–water partition coefficient (Wildman–Crippen LogP) is 3.33. The second-order valence-corrected chi connectivity index (χ2v) is 6.97. The van der Waals surface area contributed by atoms with Gasteiger partial charge in [0.05, 0.1) is 6.10 Å². The quantitative estimate of drug-likeness (QED) is 0.689. The maximum atomic E-state index is 12.7. The topological polar surface area (TPSA) is 89.2 Å². The number of ether oxygens (including phenoxy) is 2. The van der Waals surface area contributed by atoms with E-state index in [1.165, 1.54) is 12.0 Å². The van der Waals surface area contributed by atoms with Gasteiger partial charge in [-0.3, -0.25) is 4.79 Å². The number of carbonyl (C=O) groups excluding carboxylic acids is 1. The summed E-state index contributed by atoms with van der Waals surface area (Å²) >= 11 is 0. The minimum atomic E-state index is -1.05. The molecule has 1 aliphatic rings. The summed E-state index contributed by atoms with van der Waals surface area (Å²) in [5.74, 6) is -0.249. The zero-order valence-corrected chi connectivity index (χ0v) is 15.9. The molecule has 4 rings (SSSR count). The van der Waals surface area contributed by atoms with Crippen LogP contribution in [0.5, 0.6) is 5.75 Å². The number of furan rings is 1. The van der Waals surface area contributed by atoms with Gasteiger partial charge in [0.2, 0.25) is 0 Å². The van der Waals surface area contributed by atoms with Crippen molar-refractivity contribution >= 4 is 22.6 Å². The first-order valence-corrected chi connectivity index (χ1v) is 9.32. The number of methoxy groups -OCH3 is 1. The highest BCUT2D eigenvalue weighted by Crippen LogP contribution is 2.25. The molecule has 1 amide bonds. The van der Waals surface area contributed by atoms with Gasteiger partial charge in [0, 0.05) is 20.1 Å². The number of rotatable bonds is 6. The minimum absolute atomic E-state index is 0.0881. The second-order valence-electron chi connectivity index (χ2n) is 6.97. The molecule has 1 aliphatic heterocycles. The van der Waals surface area contributed by atoms with E-state index in [-0.39, 0.29) is 31.4 Å². The number of hydrogen-bond donors (Lipinski definition) is 1. The molecule has 0 radical (unpaired) electrons. The Bertz CT molecular complexity index is 1040. The van der Waals surface area contributed by atoms with Crippen LogP contribution in [0.4, 0.5) is 0 Å². The van der Waals surface area contributed by atoms with Gasteiger partial charge in [-0.25, -0.2) is 4.79 Å². The molecule has 2 heterocycles. The molecule has 1 saturated heterocycles. The first kappa shape index (κ1) is 19.0. The van der Waals surface area contributed by atoms with Gasteiger partial charge in [-0.2, -0.15) is 0 Å².